The summed E-state index contributed by atoms with van der Waals surface area (Å²) in [5.74, 6) is 0. The lowest BCUT2D eigenvalue weighted by Crippen LogP contribution is -2.53. The number of nitrogens with one attached hydrogen (secondary N) is 1. The first kappa shape index (κ1) is 13.5. The Hall–Kier alpha value is -1.59. The molecule has 0 heterocycles. The van der Waals surface area contributed by atoms with Gasteiger partial charge in [0.25, 0.3) is 0 Å². The molecular formula is C12H17NO4. The number of benzene rings is 1. The summed E-state index contributed by atoms with van der Waals surface area (Å²) in [6.45, 7) is 3.29. The predicted molar refractivity (Wildman–Crippen MR) is 62.5 cm³/mol. The van der Waals surface area contributed by atoms with Gasteiger partial charge in [0.15, 0.2) is 5.72 Å². The van der Waals surface area contributed by atoms with Gasteiger partial charge in [-0.25, -0.2) is 4.79 Å². The average Bonchev–Trinajstić information content (AvgIpc) is 2.25. The number of carbonyl (C=O) groups is 1. The lowest BCUT2D eigenvalue weighted by Gasteiger charge is -2.29. The van der Waals surface area contributed by atoms with Gasteiger partial charge in [-0.15, -0.1) is 0 Å². The topological polar surface area (TPSA) is 78.8 Å². The van der Waals surface area contributed by atoms with Crippen LogP contribution < -0.4 is 5.32 Å². The van der Waals surface area contributed by atoms with Crippen molar-refractivity contribution in [1.29, 1.82) is 0 Å². The Bertz CT molecular complexity index is 364. The average molecular weight is 239 g/mol. The fraction of sp³-hybridized carbons (Fsp3) is 0.417. The van der Waals surface area contributed by atoms with Crippen LogP contribution in [0.1, 0.15) is 19.4 Å². The quantitative estimate of drug-likeness (QED) is 0.681. The van der Waals surface area contributed by atoms with E-state index in [0.29, 0.717) is 6.61 Å². The monoisotopic (exact) mass is 239 g/mol. The highest BCUT2D eigenvalue weighted by Gasteiger charge is 2.30. The van der Waals surface area contributed by atoms with Crippen molar-refractivity contribution in [3.8, 4) is 0 Å². The molecule has 0 saturated heterocycles. The maximum atomic E-state index is 10.5. The van der Waals surface area contributed by atoms with Gasteiger partial charge >= 0.3 is 6.09 Å². The zero-order valence-electron chi connectivity index (χ0n) is 9.88. The van der Waals surface area contributed by atoms with Gasteiger partial charge < -0.3 is 14.9 Å². The molecule has 0 aliphatic carbocycles. The summed E-state index contributed by atoms with van der Waals surface area (Å²) in [5.41, 5.74) is -0.647. The summed E-state index contributed by atoms with van der Waals surface area (Å²) < 4.78 is 5.42. The minimum atomic E-state index is -1.61. The molecule has 1 aromatic carbocycles. The third-order valence-corrected chi connectivity index (χ3v) is 2.49. The Morgan fingerprint density at radius 3 is 2.59 bits per heavy atom. The second kappa shape index (κ2) is 5.65. The van der Waals surface area contributed by atoms with E-state index in [0.717, 1.165) is 5.56 Å². The minimum Gasteiger partial charge on any atom is -0.465 e. The van der Waals surface area contributed by atoms with Crippen LogP contribution in [0.15, 0.2) is 30.3 Å². The van der Waals surface area contributed by atoms with Crippen LogP contribution in [0.5, 0.6) is 0 Å². The Balaban J connectivity index is 2.49. The maximum Gasteiger partial charge on any atom is 0.406 e. The first-order valence-corrected chi connectivity index (χ1v) is 5.31. The van der Waals surface area contributed by atoms with E-state index in [4.69, 9.17) is 9.84 Å². The Kier molecular flexibility index (Phi) is 4.48. The van der Waals surface area contributed by atoms with Gasteiger partial charge in [-0.2, -0.15) is 0 Å². The molecule has 2 atom stereocenters. The summed E-state index contributed by atoms with van der Waals surface area (Å²) in [6.07, 6.45) is -1.94. The molecule has 0 radical (unpaired) electrons. The van der Waals surface area contributed by atoms with Crippen molar-refractivity contribution >= 4 is 6.09 Å². The van der Waals surface area contributed by atoms with E-state index in [-0.39, 0.29) is 0 Å². The molecule has 0 spiro atoms. The third-order valence-electron chi connectivity index (χ3n) is 2.49. The molecule has 0 saturated carbocycles. The maximum absolute atomic E-state index is 10.5. The zero-order valence-corrected chi connectivity index (χ0v) is 9.88. The van der Waals surface area contributed by atoms with Crippen LogP contribution in [0.25, 0.3) is 0 Å². The molecule has 0 unspecified atom stereocenters. The largest absolute Gasteiger partial charge is 0.465 e. The summed E-state index contributed by atoms with van der Waals surface area (Å²) in [5, 5.41) is 20.4. The summed E-state index contributed by atoms with van der Waals surface area (Å²) in [6, 6.07) is 9.46. The van der Waals surface area contributed by atoms with Crippen molar-refractivity contribution in [3.63, 3.8) is 0 Å². The van der Waals surface area contributed by atoms with Gasteiger partial charge in [-0.3, -0.25) is 5.32 Å². The standard InChI is InChI=1S/C12H17NO4/c1-9(12(2,16)13-11(14)15)17-8-10-6-4-3-5-7-10/h3-7,9,13,16H,8H2,1-2H3,(H,14,15)/t9-,12-/m1/s1. The minimum absolute atomic E-state index is 0.319. The van der Waals surface area contributed by atoms with Crippen molar-refractivity contribution in [3.05, 3.63) is 35.9 Å². The van der Waals surface area contributed by atoms with Crippen molar-refractivity contribution in [1.82, 2.24) is 5.32 Å². The molecular weight excluding hydrogens is 222 g/mol. The normalized spacial score (nSPS) is 15.9. The van der Waals surface area contributed by atoms with Crippen molar-refractivity contribution in [2.45, 2.75) is 32.3 Å². The summed E-state index contributed by atoms with van der Waals surface area (Å²) in [7, 11) is 0. The van der Waals surface area contributed by atoms with Crippen molar-refractivity contribution in [2.75, 3.05) is 0 Å². The molecule has 0 bridgehead atoms. The smallest absolute Gasteiger partial charge is 0.406 e. The number of ether oxygens (including phenoxy) is 1. The number of hydrogen-bond donors (Lipinski definition) is 3. The first-order chi connectivity index (χ1) is 7.92. The van der Waals surface area contributed by atoms with Gasteiger partial charge in [0.2, 0.25) is 0 Å². The number of aliphatic hydroxyl groups is 1. The molecule has 0 fully saturated rings. The van der Waals surface area contributed by atoms with E-state index in [1.54, 1.807) is 6.92 Å². The molecule has 0 aliphatic heterocycles. The van der Waals surface area contributed by atoms with Gasteiger partial charge in [-0.05, 0) is 19.4 Å². The van der Waals surface area contributed by atoms with E-state index < -0.39 is 17.9 Å². The van der Waals surface area contributed by atoms with Crippen LogP contribution in [0.4, 0.5) is 4.79 Å². The number of amides is 1. The Morgan fingerprint density at radius 1 is 1.47 bits per heavy atom. The molecule has 3 N–H and O–H groups in total. The van der Waals surface area contributed by atoms with Gasteiger partial charge in [0, 0.05) is 0 Å². The van der Waals surface area contributed by atoms with Gasteiger partial charge in [0.1, 0.15) is 6.10 Å². The molecule has 94 valence electrons. The van der Waals surface area contributed by atoms with Crippen molar-refractivity contribution in [2.24, 2.45) is 0 Å². The van der Waals surface area contributed by atoms with Crippen LogP contribution in [-0.2, 0) is 11.3 Å². The lowest BCUT2D eigenvalue weighted by molar-refractivity contribution is -0.109. The van der Waals surface area contributed by atoms with E-state index in [2.05, 4.69) is 0 Å². The van der Waals surface area contributed by atoms with Crippen LogP contribution in [0.2, 0.25) is 0 Å². The summed E-state index contributed by atoms with van der Waals surface area (Å²) >= 11 is 0. The first-order valence-electron chi connectivity index (χ1n) is 5.31. The highest BCUT2D eigenvalue weighted by Crippen LogP contribution is 2.12. The van der Waals surface area contributed by atoms with Crippen LogP contribution in [-0.4, -0.2) is 28.1 Å². The number of hydrogen-bond acceptors (Lipinski definition) is 3. The second-order valence-electron chi connectivity index (χ2n) is 4.02. The van der Waals surface area contributed by atoms with Gasteiger partial charge in [-0.1, -0.05) is 30.3 Å². The van der Waals surface area contributed by atoms with Crippen LogP contribution >= 0.6 is 0 Å². The van der Waals surface area contributed by atoms with Gasteiger partial charge in [0.05, 0.1) is 6.61 Å². The number of carboxylic acid groups (broad SMARTS) is 1. The summed E-state index contributed by atoms with van der Waals surface area (Å²) in [4.78, 5) is 10.5. The second-order valence-corrected chi connectivity index (χ2v) is 4.02. The van der Waals surface area contributed by atoms with Crippen LogP contribution in [0, 0.1) is 0 Å². The third kappa shape index (κ3) is 4.42. The molecule has 5 nitrogen and oxygen atoms in total. The SMILES string of the molecule is C[C@@H](OCc1ccccc1)[C@@](C)(O)NC(=O)O. The van der Waals surface area contributed by atoms with Crippen molar-refractivity contribution < 1.29 is 19.7 Å². The highest BCUT2D eigenvalue weighted by atomic mass is 16.5. The van der Waals surface area contributed by atoms with E-state index in [1.165, 1.54) is 6.92 Å². The Labute approximate surface area is 100 Å². The highest BCUT2D eigenvalue weighted by molar-refractivity contribution is 5.65. The zero-order chi connectivity index (χ0) is 12.9. The van der Waals surface area contributed by atoms with Crippen LogP contribution in [0.3, 0.4) is 0 Å². The molecule has 1 rings (SSSR count). The molecule has 1 aromatic rings. The fourth-order valence-corrected chi connectivity index (χ4v) is 1.28. The lowest BCUT2D eigenvalue weighted by atomic mass is 10.1. The molecule has 1 amide bonds. The molecule has 5 heteroatoms. The number of rotatable bonds is 5. The fourth-order valence-electron chi connectivity index (χ4n) is 1.28. The van der Waals surface area contributed by atoms with E-state index in [9.17, 15) is 9.90 Å². The molecule has 0 aromatic heterocycles. The van der Waals surface area contributed by atoms with E-state index >= 15 is 0 Å². The molecule has 0 aliphatic rings. The Morgan fingerprint density at radius 2 is 2.06 bits per heavy atom. The van der Waals surface area contributed by atoms with E-state index in [1.807, 2.05) is 35.6 Å². The molecule has 17 heavy (non-hydrogen) atoms. The predicted octanol–water partition coefficient (Wildman–Crippen LogP) is 1.57.